The molecule has 0 aliphatic heterocycles. The van der Waals surface area contributed by atoms with Gasteiger partial charge in [-0.15, -0.1) is 0 Å². The van der Waals surface area contributed by atoms with E-state index in [0.29, 0.717) is 5.56 Å². The molecule has 13 heavy (non-hydrogen) atoms. The van der Waals surface area contributed by atoms with E-state index in [4.69, 9.17) is 10.8 Å². The molecule has 4 N–H and O–H groups in total. The predicted molar refractivity (Wildman–Crippen MR) is 44.5 cm³/mol. The zero-order chi connectivity index (χ0) is 9.84. The number of hydrogen-bond donors (Lipinski definition) is 3. The van der Waals surface area contributed by atoms with Crippen molar-refractivity contribution < 1.29 is 14.3 Å². The van der Waals surface area contributed by atoms with Crippen LogP contribution in [0.2, 0.25) is 0 Å². The van der Waals surface area contributed by atoms with Gasteiger partial charge >= 0.3 is 6.03 Å². The summed E-state index contributed by atoms with van der Waals surface area (Å²) in [4.78, 5) is 10.3. The molecule has 0 spiro atoms. The summed E-state index contributed by atoms with van der Waals surface area (Å²) in [5.41, 5.74) is 5.27. The van der Waals surface area contributed by atoms with Crippen molar-refractivity contribution >= 4 is 6.03 Å². The minimum absolute atomic E-state index is 0.0979. The van der Waals surface area contributed by atoms with Gasteiger partial charge < -0.3 is 16.2 Å². The van der Waals surface area contributed by atoms with Crippen LogP contribution in [0.5, 0.6) is 5.75 Å². The Kier molecular flexibility index (Phi) is 2.69. The van der Waals surface area contributed by atoms with Crippen LogP contribution < -0.4 is 11.1 Å². The zero-order valence-corrected chi connectivity index (χ0v) is 6.75. The number of nitrogens with one attached hydrogen (secondary N) is 1. The highest BCUT2D eigenvalue weighted by Gasteiger charge is 2.00. The van der Waals surface area contributed by atoms with E-state index in [0.717, 1.165) is 6.07 Å². The lowest BCUT2D eigenvalue weighted by Gasteiger charge is -2.02. The maximum atomic E-state index is 12.6. The van der Waals surface area contributed by atoms with Gasteiger partial charge in [0.15, 0.2) is 0 Å². The maximum absolute atomic E-state index is 12.6. The standard InChI is InChI=1S/C8H9FN2O2/c9-6-1-5(2-7(12)3-6)4-11-8(10)13/h1-3,12H,4H2,(H3,10,11,13). The SMILES string of the molecule is NC(=O)NCc1cc(O)cc(F)c1. The second kappa shape index (κ2) is 3.75. The highest BCUT2D eigenvalue weighted by molar-refractivity contribution is 5.71. The summed E-state index contributed by atoms with van der Waals surface area (Å²) in [6.45, 7) is 0.0979. The Morgan fingerprint density at radius 2 is 2.23 bits per heavy atom. The second-order valence-electron chi connectivity index (χ2n) is 2.54. The van der Waals surface area contributed by atoms with Crippen LogP contribution in [0.1, 0.15) is 5.56 Å². The fraction of sp³-hybridized carbons (Fsp3) is 0.125. The van der Waals surface area contributed by atoms with E-state index >= 15 is 0 Å². The summed E-state index contributed by atoms with van der Waals surface area (Å²) >= 11 is 0. The highest BCUT2D eigenvalue weighted by atomic mass is 19.1. The molecule has 0 aliphatic carbocycles. The molecule has 0 radical (unpaired) electrons. The number of rotatable bonds is 2. The van der Waals surface area contributed by atoms with Crippen molar-refractivity contribution in [1.29, 1.82) is 0 Å². The van der Waals surface area contributed by atoms with E-state index < -0.39 is 11.8 Å². The molecule has 0 heterocycles. The molecule has 70 valence electrons. The average Bonchev–Trinajstić information content (AvgIpc) is 1.99. The van der Waals surface area contributed by atoms with Gasteiger partial charge in [-0.2, -0.15) is 0 Å². The van der Waals surface area contributed by atoms with Crippen LogP contribution in [-0.2, 0) is 6.54 Å². The minimum Gasteiger partial charge on any atom is -0.508 e. The van der Waals surface area contributed by atoms with Gasteiger partial charge in [0.05, 0.1) is 0 Å². The molecule has 0 bridgehead atoms. The van der Waals surface area contributed by atoms with Gasteiger partial charge in [0.2, 0.25) is 0 Å². The Hall–Kier alpha value is -1.78. The number of benzene rings is 1. The van der Waals surface area contributed by atoms with E-state index in [2.05, 4.69) is 5.32 Å². The van der Waals surface area contributed by atoms with Gasteiger partial charge in [-0.1, -0.05) is 0 Å². The third-order valence-corrected chi connectivity index (χ3v) is 1.41. The number of phenols is 1. The zero-order valence-electron chi connectivity index (χ0n) is 6.75. The molecule has 1 aromatic carbocycles. The number of amides is 2. The Morgan fingerprint density at radius 1 is 1.54 bits per heavy atom. The van der Waals surface area contributed by atoms with E-state index in [9.17, 15) is 9.18 Å². The van der Waals surface area contributed by atoms with E-state index in [1.807, 2.05) is 0 Å². The fourth-order valence-corrected chi connectivity index (χ4v) is 0.925. The molecule has 1 rings (SSSR count). The Morgan fingerprint density at radius 3 is 2.77 bits per heavy atom. The number of carbonyl (C=O) groups excluding carboxylic acids is 1. The number of hydrogen-bond acceptors (Lipinski definition) is 2. The third-order valence-electron chi connectivity index (χ3n) is 1.41. The van der Waals surface area contributed by atoms with Crippen molar-refractivity contribution in [2.75, 3.05) is 0 Å². The maximum Gasteiger partial charge on any atom is 0.312 e. The lowest BCUT2D eigenvalue weighted by Crippen LogP contribution is -2.28. The third kappa shape index (κ3) is 2.98. The summed E-state index contributed by atoms with van der Waals surface area (Å²) in [5, 5.41) is 11.3. The van der Waals surface area contributed by atoms with Gasteiger partial charge in [-0.05, 0) is 17.7 Å². The number of aromatic hydroxyl groups is 1. The molecule has 5 heteroatoms. The second-order valence-corrected chi connectivity index (χ2v) is 2.54. The van der Waals surface area contributed by atoms with Gasteiger partial charge in [0.1, 0.15) is 11.6 Å². The Bertz CT molecular complexity index is 308. The average molecular weight is 184 g/mol. The van der Waals surface area contributed by atoms with Gasteiger partial charge in [-0.25, -0.2) is 9.18 Å². The van der Waals surface area contributed by atoms with Crippen LogP contribution >= 0.6 is 0 Å². The predicted octanol–water partition coefficient (Wildman–Crippen LogP) is 0.700. The van der Waals surface area contributed by atoms with Crippen LogP contribution in [0.4, 0.5) is 9.18 Å². The first-order valence-corrected chi connectivity index (χ1v) is 3.59. The van der Waals surface area contributed by atoms with E-state index in [1.54, 1.807) is 0 Å². The van der Waals surface area contributed by atoms with Crippen LogP contribution in [0, 0.1) is 5.82 Å². The van der Waals surface area contributed by atoms with Crippen LogP contribution in [0.25, 0.3) is 0 Å². The first kappa shape index (κ1) is 9.31. The molecule has 0 aromatic heterocycles. The van der Waals surface area contributed by atoms with Crippen molar-refractivity contribution in [3.63, 3.8) is 0 Å². The molecule has 0 atom stereocenters. The van der Waals surface area contributed by atoms with Gasteiger partial charge in [-0.3, -0.25) is 0 Å². The number of phenolic OH excluding ortho intramolecular Hbond substituents is 1. The van der Waals surface area contributed by atoms with Crippen molar-refractivity contribution in [3.8, 4) is 5.75 Å². The van der Waals surface area contributed by atoms with Crippen LogP contribution in [-0.4, -0.2) is 11.1 Å². The normalized spacial score (nSPS) is 9.62. The molecule has 0 fully saturated rings. The largest absolute Gasteiger partial charge is 0.508 e. The molecular formula is C8H9FN2O2. The van der Waals surface area contributed by atoms with Crippen molar-refractivity contribution in [3.05, 3.63) is 29.6 Å². The lowest BCUT2D eigenvalue weighted by atomic mass is 10.2. The summed E-state index contributed by atoms with van der Waals surface area (Å²) < 4.78 is 12.6. The number of primary amides is 1. The molecule has 4 nitrogen and oxygen atoms in total. The Labute approximate surface area is 74.2 Å². The first-order chi connectivity index (χ1) is 6.08. The molecule has 1 aromatic rings. The summed E-state index contributed by atoms with van der Waals surface area (Å²) in [6, 6.07) is 2.84. The van der Waals surface area contributed by atoms with Crippen molar-refractivity contribution in [1.82, 2.24) is 5.32 Å². The molecule has 2 amide bonds. The van der Waals surface area contributed by atoms with Crippen LogP contribution in [0.15, 0.2) is 18.2 Å². The minimum atomic E-state index is -0.691. The monoisotopic (exact) mass is 184 g/mol. The van der Waals surface area contributed by atoms with Crippen molar-refractivity contribution in [2.24, 2.45) is 5.73 Å². The summed E-state index contributed by atoms with van der Waals surface area (Å²) in [5.74, 6) is -0.734. The topological polar surface area (TPSA) is 75.4 Å². The summed E-state index contributed by atoms with van der Waals surface area (Å²) in [6.07, 6.45) is 0. The number of halogens is 1. The molecule has 0 aliphatic rings. The van der Waals surface area contributed by atoms with E-state index in [1.165, 1.54) is 12.1 Å². The number of urea groups is 1. The lowest BCUT2D eigenvalue weighted by molar-refractivity contribution is 0.248. The Balaban J connectivity index is 2.71. The van der Waals surface area contributed by atoms with Gasteiger partial charge in [0, 0.05) is 12.6 Å². The fourth-order valence-electron chi connectivity index (χ4n) is 0.925. The van der Waals surface area contributed by atoms with Gasteiger partial charge in [0.25, 0.3) is 0 Å². The first-order valence-electron chi connectivity index (χ1n) is 3.59. The molecule has 0 unspecified atom stereocenters. The van der Waals surface area contributed by atoms with Crippen molar-refractivity contribution in [2.45, 2.75) is 6.54 Å². The molecular weight excluding hydrogens is 175 g/mol. The molecule has 0 saturated heterocycles. The van der Waals surface area contributed by atoms with E-state index in [-0.39, 0.29) is 12.3 Å². The van der Waals surface area contributed by atoms with Crippen LogP contribution in [0.3, 0.4) is 0 Å². The highest BCUT2D eigenvalue weighted by Crippen LogP contribution is 2.13. The number of carbonyl (C=O) groups is 1. The quantitative estimate of drug-likeness (QED) is 0.632. The summed E-state index contributed by atoms with van der Waals surface area (Å²) in [7, 11) is 0. The molecule has 0 saturated carbocycles. The smallest absolute Gasteiger partial charge is 0.312 e. The number of nitrogens with two attached hydrogens (primary N) is 1.